The number of halogens is 1. The van der Waals surface area contributed by atoms with Crippen molar-refractivity contribution in [2.75, 3.05) is 31.5 Å². The molecule has 5 rings (SSSR count). The molecule has 2 aliphatic heterocycles. The Kier molecular flexibility index (Phi) is 6.75. The van der Waals surface area contributed by atoms with E-state index < -0.39 is 0 Å². The van der Waals surface area contributed by atoms with Crippen molar-refractivity contribution in [2.24, 2.45) is 5.92 Å². The first kappa shape index (κ1) is 23.1. The summed E-state index contributed by atoms with van der Waals surface area (Å²) in [6.45, 7) is 4.65. The van der Waals surface area contributed by atoms with Gasteiger partial charge in [0.1, 0.15) is 0 Å². The number of likely N-dealkylation sites (tertiary alicyclic amines) is 2. The smallest absolute Gasteiger partial charge is 0.321 e. The van der Waals surface area contributed by atoms with E-state index >= 15 is 0 Å². The number of hydrogen-bond donors (Lipinski definition) is 1. The van der Waals surface area contributed by atoms with Gasteiger partial charge in [0.05, 0.1) is 21.1 Å². The van der Waals surface area contributed by atoms with E-state index in [1.165, 1.54) is 0 Å². The van der Waals surface area contributed by atoms with Crippen LogP contribution in [-0.4, -0.2) is 52.9 Å². The summed E-state index contributed by atoms with van der Waals surface area (Å²) in [4.78, 5) is 34.7. The molecule has 0 bridgehead atoms. The summed E-state index contributed by atoms with van der Waals surface area (Å²) < 4.78 is 1.16. The third-order valence-corrected chi connectivity index (χ3v) is 8.28. The van der Waals surface area contributed by atoms with Gasteiger partial charge in [-0.05, 0) is 68.5 Å². The molecule has 2 fully saturated rings. The van der Waals surface area contributed by atoms with Crippen molar-refractivity contribution in [3.05, 3.63) is 58.1 Å². The van der Waals surface area contributed by atoms with E-state index in [2.05, 4.69) is 5.32 Å². The molecule has 1 atom stereocenters. The van der Waals surface area contributed by atoms with Crippen molar-refractivity contribution in [1.29, 1.82) is 0 Å². The minimum Gasteiger partial charge on any atom is -0.342 e. The first-order valence-corrected chi connectivity index (χ1v) is 13.1. The minimum atomic E-state index is -0.127. The third kappa shape index (κ3) is 5.05. The second kappa shape index (κ2) is 9.92. The van der Waals surface area contributed by atoms with Gasteiger partial charge in [-0.2, -0.15) is 0 Å². The van der Waals surface area contributed by atoms with E-state index in [1.807, 2.05) is 54.3 Å². The monoisotopic (exact) mass is 496 g/mol. The molecule has 0 saturated carbocycles. The lowest BCUT2D eigenvalue weighted by Gasteiger charge is -2.37. The summed E-state index contributed by atoms with van der Waals surface area (Å²) in [5.41, 5.74) is 2.84. The molecule has 6 nitrogen and oxygen atoms in total. The normalized spacial score (nSPS) is 19.4. The van der Waals surface area contributed by atoms with Gasteiger partial charge in [-0.3, -0.25) is 4.79 Å². The molecule has 3 heterocycles. The molecule has 8 heteroatoms. The van der Waals surface area contributed by atoms with Crippen molar-refractivity contribution in [3.8, 4) is 0 Å². The molecule has 2 saturated heterocycles. The lowest BCUT2D eigenvalue weighted by Crippen LogP contribution is -2.49. The predicted octanol–water partition coefficient (Wildman–Crippen LogP) is 5.91. The Morgan fingerprint density at radius 3 is 2.68 bits per heavy atom. The largest absolute Gasteiger partial charge is 0.342 e. The maximum Gasteiger partial charge on any atom is 0.321 e. The van der Waals surface area contributed by atoms with Gasteiger partial charge in [0, 0.05) is 42.8 Å². The summed E-state index contributed by atoms with van der Waals surface area (Å²) in [6.07, 6.45) is 3.53. The molecule has 178 valence electrons. The van der Waals surface area contributed by atoms with Crippen molar-refractivity contribution in [3.63, 3.8) is 0 Å². The number of nitrogens with one attached hydrogen (secondary N) is 1. The Labute approximate surface area is 208 Å². The fraction of sp³-hybridized carbons (Fsp3) is 0.423. The van der Waals surface area contributed by atoms with Crippen molar-refractivity contribution < 1.29 is 9.59 Å². The molecule has 1 aromatic heterocycles. The Bertz CT molecular complexity index is 1200. The summed E-state index contributed by atoms with van der Waals surface area (Å²) >= 11 is 7.84. The average molecular weight is 497 g/mol. The number of rotatable bonds is 3. The van der Waals surface area contributed by atoms with E-state index in [9.17, 15) is 9.59 Å². The molecule has 34 heavy (non-hydrogen) atoms. The van der Waals surface area contributed by atoms with Crippen LogP contribution in [0.2, 0.25) is 5.02 Å². The number of benzene rings is 2. The number of anilines is 1. The number of piperidine rings is 2. The summed E-state index contributed by atoms with van der Waals surface area (Å²) in [5, 5.41) is 4.82. The Morgan fingerprint density at radius 1 is 1.06 bits per heavy atom. The number of aromatic nitrogens is 1. The van der Waals surface area contributed by atoms with Crippen LogP contribution in [0.15, 0.2) is 42.5 Å². The highest BCUT2D eigenvalue weighted by Crippen LogP contribution is 2.35. The molecule has 3 aromatic rings. The number of aryl methyl sites for hydroxylation is 1. The van der Waals surface area contributed by atoms with Gasteiger partial charge in [0.25, 0.3) is 0 Å². The van der Waals surface area contributed by atoms with Gasteiger partial charge in [0.2, 0.25) is 5.91 Å². The van der Waals surface area contributed by atoms with Crippen molar-refractivity contribution in [1.82, 2.24) is 14.8 Å². The van der Waals surface area contributed by atoms with Crippen LogP contribution in [0.4, 0.5) is 10.5 Å². The molecule has 0 aliphatic carbocycles. The van der Waals surface area contributed by atoms with Crippen LogP contribution in [0.1, 0.15) is 42.2 Å². The van der Waals surface area contributed by atoms with Crippen LogP contribution in [0.25, 0.3) is 10.2 Å². The topological polar surface area (TPSA) is 65.5 Å². The molecular weight excluding hydrogens is 468 g/mol. The molecule has 1 N–H and O–H groups in total. The van der Waals surface area contributed by atoms with Gasteiger partial charge in [0.15, 0.2) is 0 Å². The zero-order valence-electron chi connectivity index (χ0n) is 19.3. The lowest BCUT2D eigenvalue weighted by molar-refractivity contribution is -0.138. The second-order valence-corrected chi connectivity index (χ2v) is 10.8. The number of thiazole rings is 1. The summed E-state index contributed by atoms with van der Waals surface area (Å²) in [7, 11) is 0. The van der Waals surface area contributed by atoms with E-state index in [4.69, 9.17) is 16.6 Å². The molecule has 0 spiro atoms. The molecule has 2 aliphatic rings. The zero-order valence-corrected chi connectivity index (χ0v) is 20.9. The maximum atomic E-state index is 13.3. The average Bonchev–Trinajstić information content (AvgIpc) is 3.27. The van der Waals surface area contributed by atoms with E-state index in [-0.39, 0.29) is 17.9 Å². The molecule has 0 radical (unpaired) electrons. The second-order valence-electron chi connectivity index (χ2n) is 9.35. The highest BCUT2D eigenvalue weighted by molar-refractivity contribution is 7.18. The quantitative estimate of drug-likeness (QED) is 0.490. The maximum absolute atomic E-state index is 13.3. The number of carbonyl (C=O) groups excluding carboxylic acids is 2. The molecule has 3 amide bonds. The number of amides is 3. The summed E-state index contributed by atoms with van der Waals surface area (Å²) in [6, 6.07) is 13.5. The van der Waals surface area contributed by atoms with E-state index in [0.29, 0.717) is 24.0 Å². The Balaban J connectivity index is 1.16. The van der Waals surface area contributed by atoms with Gasteiger partial charge < -0.3 is 15.1 Å². The standard InChI is InChI=1S/C26H29ClN4O2S/c1-17-4-2-6-21(14-17)28-26(33)31-11-3-5-19(16-31)25(32)30-12-9-18(10-13-30)24-29-22-15-20(27)7-8-23(22)34-24/h2,4,6-8,14-15,18-19H,3,5,9-13,16H2,1H3,(H,28,33). The van der Waals surface area contributed by atoms with Crippen LogP contribution in [-0.2, 0) is 4.79 Å². The van der Waals surface area contributed by atoms with E-state index in [0.717, 1.165) is 65.2 Å². The first-order valence-electron chi connectivity index (χ1n) is 11.9. The fourth-order valence-corrected chi connectivity index (χ4v) is 6.27. The Hall–Kier alpha value is -2.64. The van der Waals surface area contributed by atoms with Crippen LogP contribution < -0.4 is 5.32 Å². The number of hydrogen-bond acceptors (Lipinski definition) is 4. The molecule has 2 aromatic carbocycles. The number of urea groups is 1. The van der Waals surface area contributed by atoms with Crippen molar-refractivity contribution in [2.45, 2.75) is 38.5 Å². The first-order chi connectivity index (χ1) is 16.5. The zero-order chi connectivity index (χ0) is 23.7. The number of carbonyl (C=O) groups is 2. The highest BCUT2D eigenvalue weighted by atomic mass is 35.5. The van der Waals surface area contributed by atoms with Gasteiger partial charge in [-0.25, -0.2) is 9.78 Å². The molecule has 1 unspecified atom stereocenters. The lowest BCUT2D eigenvalue weighted by atomic mass is 9.93. The highest BCUT2D eigenvalue weighted by Gasteiger charge is 2.33. The number of fused-ring (bicyclic) bond motifs is 1. The fourth-order valence-electron chi connectivity index (χ4n) is 4.99. The minimum absolute atomic E-state index is 0.127. The Morgan fingerprint density at radius 2 is 1.88 bits per heavy atom. The van der Waals surface area contributed by atoms with Crippen molar-refractivity contribution >= 4 is 50.8 Å². The number of nitrogens with zero attached hydrogens (tertiary/aromatic N) is 3. The van der Waals surface area contributed by atoms with Gasteiger partial charge in [-0.1, -0.05) is 23.7 Å². The molecular formula is C26H29ClN4O2S. The SMILES string of the molecule is Cc1cccc(NC(=O)N2CCCC(C(=O)N3CCC(c4nc5cc(Cl)ccc5s4)CC3)C2)c1. The van der Waals surface area contributed by atoms with Crippen LogP contribution in [0.5, 0.6) is 0 Å². The summed E-state index contributed by atoms with van der Waals surface area (Å²) in [5.74, 6) is 0.434. The predicted molar refractivity (Wildman–Crippen MR) is 138 cm³/mol. The van der Waals surface area contributed by atoms with Crippen LogP contribution >= 0.6 is 22.9 Å². The van der Waals surface area contributed by atoms with E-state index in [1.54, 1.807) is 16.2 Å². The van der Waals surface area contributed by atoms with Crippen LogP contribution in [0, 0.1) is 12.8 Å². The third-order valence-electron chi connectivity index (χ3n) is 6.85. The van der Waals surface area contributed by atoms with Gasteiger partial charge >= 0.3 is 6.03 Å². The van der Waals surface area contributed by atoms with Gasteiger partial charge in [-0.15, -0.1) is 11.3 Å². The van der Waals surface area contributed by atoms with Crippen LogP contribution in [0.3, 0.4) is 0 Å².